The second-order valence-electron chi connectivity index (χ2n) is 7.03. The Hall–Kier alpha value is -2.98. The van der Waals surface area contributed by atoms with E-state index in [1.165, 1.54) is 18.5 Å². The molecule has 32 heavy (non-hydrogen) atoms. The van der Waals surface area contributed by atoms with Gasteiger partial charge in [-0.1, -0.05) is 59.8 Å². The summed E-state index contributed by atoms with van der Waals surface area (Å²) in [6, 6.07) is 18.5. The molecule has 1 unspecified atom stereocenters. The Morgan fingerprint density at radius 2 is 1.81 bits per heavy atom. The molecule has 3 rings (SSSR count). The second kappa shape index (κ2) is 10.6. The third-order valence-electron chi connectivity index (χ3n) is 4.85. The highest BCUT2D eigenvalue weighted by Gasteiger charge is 2.44. The van der Waals surface area contributed by atoms with Crippen molar-refractivity contribution in [3.8, 4) is 11.1 Å². The number of hydroxylamine groups is 1. The zero-order chi connectivity index (χ0) is 23.1. The normalized spacial score (nSPS) is 14.4. The SMILES string of the molecule is C[C@@](OCc1ccc(-c2ccccc2)cc1)(C(=O)NO)[C@@H](O)c1cc(CO[P+](=O)O)on1. The van der Waals surface area contributed by atoms with Gasteiger partial charge < -0.3 is 14.4 Å². The van der Waals surface area contributed by atoms with E-state index in [0.717, 1.165) is 16.7 Å². The lowest BCUT2D eigenvalue weighted by Crippen LogP contribution is -2.50. The number of aliphatic hydroxyl groups excluding tert-OH is 1. The molecule has 0 saturated heterocycles. The smallest absolute Gasteiger partial charge is 0.383 e. The molecule has 11 heteroatoms. The van der Waals surface area contributed by atoms with E-state index in [-0.39, 0.29) is 24.7 Å². The molecule has 1 aromatic heterocycles. The van der Waals surface area contributed by atoms with Crippen LogP contribution < -0.4 is 5.48 Å². The molecule has 3 aromatic rings. The van der Waals surface area contributed by atoms with Gasteiger partial charge in [0.25, 0.3) is 5.91 Å². The van der Waals surface area contributed by atoms with E-state index in [1.807, 2.05) is 54.6 Å². The van der Waals surface area contributed by atoms with Crippen molar-refractivity contribution >= 4 is 14.2 Å². The van der Waals surface area contributed by atoms with Gasteiger partial charge in [-0.15, -0.1) is 9.42 Å². The van der Waals surface area contributed by atoms with Crippen LogP contribution in [-0.2, 0) is 31.8 Å². The van der Waals surface area contributed by atoms with Gasteiger partial charge in [0.05, 0.1) is 6.61 Å². The van der Waals surface area contributed by atoms with Gasteiger partial charge in [-0.25, -0.2) is 5.48 Å². The number of aliphatic hydroxyl groups is 1. The van der Waals surface area contributed by atoms with Gasteiger partial charge in [0.1, 0.15) is 11.8 Å². The summed E-state index contributed by atoms with van der Waals surface area (Å²) in [6.45, 7) is 0.884. The number of rotatable bonds is 10. The molecule has 168 valence electrons. The van der Waals surface area contributed by atoms with Crippen LogP contribution in [-0.4, -0.2) is 31.9 Å². The molecule has 4 N–H and O–H groups in total. The molecule has 0 fully saturated rings. The number of hydrogen-bond donors (Lipinski definition) is 4. The molecule has 0 spiro atoms. The van der Waals surface area contributed by atoms with Gasteiger partial charge in [0.15, 0.2) is 18.0 Å². The number of carbonyl (C=O) groups is 1. The first-order valence-electron chi connectivity index (χ1n) is 9.49. The standard InChI is InChI=1S/C21H21N2O8P/c1-21(20(25)22-26,19(24)18-11-17(31-23-18)13-30-32(27)28)29-12-14-7-9-16(10-8-14)15-5-3-2-4-6-15/h2-11,19,24H,12-13H2,1H3,(H2-,22,25,26,27,28)/p+1/t19-,21-/m0/s1. The Kier molecular flexibility index (Phi) is 7.81. The molecule has 0 bridgehead atoms. The van der Waals surface area contributed by atoms with E-state index in [2.05, 4.69) is 9.68 Å². The minimum atomic E-state index is -2.84. The fourth-order valence-corrected chi connectivity index (χ4v) is 3.20. The van der Waals surface area contributed by atoms with Crippen molar-refractivity contribution in [1.82, 2.24) is 10.6 Å². The first-order chi connectivity index (χ1) is 15.3. The lowest BCUT2D eigenvalue weighted by Gasteiger charge is -2.31. The molecular formula is C21H22N2O8P+. The lowest BCUT2D eigenvalue weighted by atomic mass is 9.95. The molecule has 0 aliphatic heterocycles. The molecule has 0 aliphatic carbocycles. The number of benzene rings is 2. The highest BCUT2D eigenvalue weighted by Crippen LogP contribution is 2.31. The molecule has 2 aromatic carbocycles. The fourth-order valence-electron chi connectivity index (χ4n) is 2.96. The van der Waals surface area contributed by atoms with Crippen LogP contribution in [0.1, 0.15) is 30.0 Å². The number of hydrogen-bond acceptors (Lipinski definition) is 8. The largest absolute Gasteiger partial charge is 0.695 e. The van der Waals surface area contributed by atoms with Gasteiger partial charge in [-0.2, -0.15) is 0 Å². The number of nitrogens with zero attached hydrogens (tertiary/aromatic N) is 1. The van der Waals surface area contributed by atoms with Gasteiger partial charge in [0.2, 0.25) is 0 Å². The van der Waals surface area contributed by atoms with Gasteiger partial charge >= 0.3 is 8.25 Å². The molecule has 10 nitrogen and oxygen atoms in total. The van der Waals surface area contributed by atoms with E-state index in [4.69, 9.17) is 19.4 Å². The third kappa shape index (κ3) is 5.63. The minimum absolute atomic E-state index is 0.0468. The first-order valence-corrected chi connectivity index (χ1v) is 10.6. The first kappa shape index (κ1) is 23.7. The summed E-state index contributed by atoms with van der Waals surface area (Å²) in [4.78, 5) is 21.0. The maximum absolute atomic E-state index is 12.3. The third-order valence-corrected chi connectivity index (χ3v) is 5.20. The minimum Gasteiger partial charge on any atom is -0.383 e. The summed E-state index contributed by atoms with van der Waals surface area (Å²) in [5.74, 6) is -0.940. The second-order valence-corrected chi connectivity index (χ2v) is 7.77. The van der Waals surface area contributed by atoms with Gasteiger partial charge in [0, 0.05) is 10.6 Å². The van der Waals surface area contributed by atoms with E-state index in [9.17, 15) is 14.5 Å². The van der Waals surface area contributed by atoms with Crippen molar-refractivity contribution < 1.29 is 38.4 Å². The predicted molar refractivity (Wildman–Crippen MR) is 111 cm³/mol. The molecule has 0 aliphatic rings. The molecule has 0 saturated carbocycles. The lowest BCUT2D eigenvalue weighted by molar-refractivity contribution is -0.174. The Balaban J connectivity index is 1.73. The number of aromatic nitrogens is 1. The summed E-state index contributed by atoms with van der Waals surface area (Å²) in [5, 5.41) is 23.6. The van der Waals surface area contributed by atoms with Gasteiger partial charge in [-0.05, 0) is 23.6 Å². The summed E-state index contributed by atoms with van der Waals surface area (Å²) < 4.78 is 25.8. The van der Waals surface area contributed by atoms with Crippen LogP contribution in [0.5, 0.6) is 0 Å². The Labute approximate surface area is 184 Å². The van der Waals surface area contributed by atoms with Crippen LogP contribution in [0.25, 0.3) is 11.1 Å². The number of amides is 1. The van der Waals surface area contributed by atoms with Crippen molar-refractivity contribution in [3.63, 3.8) is 0 Å². The van der Waals surface area contributed by atoms with E-state index < -0.39 is 25.9 Å². The van der Waals surface area contributed by atoms with Crippen molar-refractivity contribution in [2.24, 2.45) is 0 Å². The van der Waals surface area contributed by atoms with Crippen LogP contribution >= 0.6 is 8.25 Å². The van der Waals surface area contributed by atoms with Crippen LogP contribution in [0.15, 0.2) is 65.2 Å². The van der Waals surface area contributed by atoms with E-state index in [1.54, 1.807) is 0 Å². The summed E-state index contributed by atoms with van der Waals surface area (Å²) in [7, 11) is -2.84. The zero-order valence-electron chi connectivity index (χ0n) is 17.0. The molecule has 0 radical (unpaired) electrons. The molecule has 3 atom stereocenters. The maximum atomic E-state index is 12.3. The fraction of sp³-hybridized carbons (Fsp3) is 0.238. The van der Waals surface area contributed by atoms with Crippen LogP contribution in [0, 0.1) is 0 Å². The van der Waals surface area contributed by atoms with Crippen LogP contribution in [0.3, 0.4) is 0 Å². The Morgan fingerprint density at radius 1 is 1.16 bits per heavy atom. The Bertz CT molecular complexity index is 1060. The summed E-state index contributed by atoms with van der Waals surface area (Å²) in [6.07, 6.45) is -1.63. The van der Waals surface area contributed by atoms with Gasteiger partial charge in [-0.3, -0.25) is 10.0 Å². The average molecular weight is 461 g/mol. The van der Waals surface area contributed by atoms with Crippen LogP contribution in [0.2, 0.25) is 0 Å². The predicted octanol–water partition coefficient (Wildman–Crippen LogP) is 3.02. The molecule has 1 heterocycles. The summed E-state index contributed by atoms with van der Waals surface area (Å²) >= 11 is 0. The van der Waals surface area contributed by atoms with E-state index in [0.29, 0.717) is 0 Å². The molecule has 1 amide bonds. The number of ether oxygens (including phenoxy) is 1. The average Bonchev–Trinajstić information content (AvgIpc) is 3.30. The maximum Gasteiger partial charge on any atom is 0.695 e. The topological polar surface area (TPSA) is 151 Å². The quantitative estimate of drug-likeness (QED) is 0.203. The van der Waals surface area contributed by atoms with Crippen molar-refractivity contribution in [3.05, 3.63) is 77.7 Å². The van der Waals surface area contributed by atoms with Crippen molar-refractivity contribution in [2.75, 3.05) is 0 Å². The van der Waals surface area contributed by atoms with E-state index >= 15 is 0 Å². The highest BCUT2D eigenvalue weighted by molar-refractivity contribution is 7.32. The van der Waals surface area contributed by atoms with Crippen LogP contribution in [0.4, 0.5) is 0 Å². The summed E-state index contributed by atoms with van der Waals surface area (Å²) in [5.41, 5.74) is 2.27. The number of carbonyl (C=O) groups excluding carboxylic acids is 1. The zero-order valence-corrected chi connectivity index (χ0v) is 17.9. The molecular weight excluding hydrogens is 439 g/mol. The Morgan fingerprint density at radius 3 is 2.44 bits per heavy atom. The van der Waals surface area contributed by atoms with Crippen molar-refractivity contribution in [2.45, 2.75) is 31.8 Å². The highest BCUT2D eigenvalue weighted by atomic mass is 31.1. The number of nitrogens with one attached hydrogen (secondary N) is 1. The van der Waals surface area contributed by atoms with Crippen molar-refractivity contribution in [1.29, 1.82) is 0 Å². The monoisotopic (exact) mass is 461 g/mol.